The standard InChI is InChI=1S/C11H23N3OS/c1-14-4-6-16-8-10(14)11(13-12)9-3-2-5-15-7-9/h9-11,13H,2-8,12H2,1H3. The van der Waals surface area contributed by atoms with Gasteiger partial charge in [-0.1, -0.05) is 0 Å². The van der Waals surface area contributed by atoms with E-state index in [0.29, 0.717) is 18.0 Å². The van der Waals surface area contributed by atoms with Crippen LogP contribution in [0.1, 0.15) is 12.8 Å². The van der Waals surface area contributed by atoms with Gasteiger partial charge in [-0.2, -0.15) is 11.8 Å². The molecule has 0 aromatic carbocycles. The van der Waals surface area contributed by atoms with Gasteiger partial charge in [0.1, 0.15) is 0 Å². The molecule has 0 saturated carbocycles. The van der Waals surface area contributed by atoms with Gasteiger partial charge < -0.3 is 9.64 Å². The fourth-order valence-electron chi connectivity index (χ4n) is 2.69. The zero-order valence-electron chi connectivity index (χ0n) is 10.0. The minimum Gasteiger partial charge on any atom is -0.381 e. The molecule has 94 valence electrons. The minimum absolute atomic E-state index is 0.373. The van der Waals surface area contributed by atoms with Gasteiger partial charge in [-0.15, -0.1) is 0 Å². The number of hydrogen-bond acceptors (Lipinski definition) is 5. The number of likely N-dealkylation sites (N-methyl/N-ethyl adjacent to an activating group) is 1. The summed E-state index contributed by atoms with van der Waals surface area (Å²) in [6, 6.07) is 0.925. The van der Waals surface area contributed by atoms with Gasteiger partial charge in [-0.25, -0.2) is 0 Å². The van der Waals surface area contributed by atoms with E-state index in [4.69, 9.17) is 10.6 Å². The molecule has 2 aliphatic rings. The Morgan fingerprint density at radius 2 is 2.44 bits per heavy atom. The first kappa shape index (κ1) is 12.6. The molecule has 16 heavy (non-hydrogen) atoms. The Morgan fingerprint density at radius 3 is 3.06 bits per heavy atom. The van der Waals surface area contributed by atoms with Crippen molar-refractivity contribution in [2.24, 2.45) is 11.8 Å². The van der Waals surface area contributed by atoms with E-state index >= 15 is 0 Å². The van der Waals surface area contributed by atoms with Crippen molar-refractivity contribution in [3.05, 3.63) is 0 Å². The molecular formula is C11H23N3OS. The third-order valence-corrected chi connectivity index (χ3v) is 4.80. The lowest BCUT2D eigenvalue weighted by atomic mass is 9.89. The largest absolute Gasteiger partial charge is 0.381 e. The first-order valence-electron chi connectivity index (χ1n) is 6.15. The van der Waals surface area contributed by atoms with E-state index in [9.17, 15) is 0 Å². The number of hydrazine groups is 1. The Hall–Kier alpha value is 0.190. The quantitative estimate of drug-likeness (QED) is 0.553. The average Bonchev–Trinajstić information content (AvgIpc) is 2.34. The molecule has 0 aliphatic carbocycles. The van der Waals surface area contributed by atoms with Crippen molar-refractivity contribution < 1.29 is 4.74 Å². The van der Waals surface area contributed by atoms with Crippen molar-refractivity contribution in [1.82, 2.24) is 10.3 Å². The summed E-state index contributed by atoms with van der Waals surface area (Å²) in [6.45, 7) is 2.95. The molecule has 0 bridgehead atoms. The van der Waals surface area contributed by atoms with E-state index in [2.05, 4.69) is 17.4 Å². The normalized spacial score (nSPS) is 34.9. The molecule has 2 aliphatic heterocycles. The molecule has 4 nitrogen and oxygen atoms in total. The molecular weight excluding hydrogens is 222 g/mol. The van der Waals surface area contributed by atoms with Gasteiger partial charge in [0.15, 0.2) is 0 Å². The van der Waals surface area contributed by atoms with Crippen molar-refractivity contribution in [2.45, 2.75) is 24.9 Å². The summed E-state index contributed by atoms with van der Waals surface area (Å²) < 4.78 is 5.57. The average molecular weight is 245 g/mol. The van der Waals surface area contributed by atoms with Crippen LogP contribution in [0.25, 0.3) is 0 Å². The van der Waals surface area contributed by atoms with Crippen LogP contribution in [0, 0.1) is 5.92 Å². The number of nitrogens with one attached hydrogen (secondary N) is 1. The fraction of sp³-hybridized carbons (Fsp3) is 1.00. The van der Waals surface area contributed by atoms with Gasteiger partial charge >= 0.3 is 0 Å². The van der Waals surface area contributed by atoms with Gasteiger partial charge in [0.05, 0.1) is 6.61 Å². The van der Waals surface area contributed by atoms with Crippen LogP contribution in [0.5, 0.6) is 0 Å². The van der Waals surface area contributed by atoms with Gasteiger partial charge in [-0.3, -0.25) is 11.3 Å². The van der Waals surface area contributed by atoms with Gasteiger partial charge in [0.25, 0.3) is 0 Å². The van der Waals surface area contributed by atoms with Crippen LogP contribution >= 0.6 is 11.8 Å². The summed E-state index contributed by atoms with van der Waals surface area (Å²) in [5.74, 6) is 8.75. The second-order valence-corrected chi connectivity index (χ2v) is 5.94. The third-order valence-electron chi connectivity index (χ3n) is 3.75. The maximum atomic E-state index is 5.76. The number of hydrogen-bond donors (Lipinski definition) is 2. The molecule has 3 atom stereocenters. The van der Waals surface area contributed by atoms with Crippen LogP contribution in [0.15, 0.2) is 0 Å². The highest BCUT2D eigenvalue weighted by molar-refractivity contribution is 7.99. The third kappa shape index (κ3) is 2.90. The summed E-state index contributed by atoms with van der Waals surface area (Å²) in [6.07, 6.45) is 2.41. The lowest BCUT2D eigenvalue weighted by Gasteiger charge is -2.41. The van der Waals surface area contributed by atoms with E-state index in [1.807, 2.05) is 11.8 Å². The number of thioether (sulfide) groups is 1. The molecule has 2 fully saturated rings. The Kier molecular flexibility index (Phi) is 4.91. The maximum Gasteiger partial charge on any atom is 0.0510 e. The number of rotatable bonds is 3. The Labute approximate surface area is 102 Å². The molecule has 2 saturated heterocycles. The Morgan fingerprint density at radius 1 is 1.56 bits per heavy atom. The van der Waals surface area contributed by atoms with Crippen LogP contribution in [0.3, 0.4) is 0 Å². The number of nitrogens with two attached hydrogens (primary N) is 1. The molecule has 3 unspecified atom stereocenters. The molecule has 0 aromatic heterocycles. The summed E-state index contributed by atoms with van der Waals surface area (Å²) in [5, 5.41) is 0. The van der Waals surface area contributed by atoms with Crippen LogP contribution in [0.4, 0.5) is 0 Å². The maximum absolute atomic E-state index is 5.76. The monoisotopic (exact) mass is 245 g/mol. The second kappa shape index (κ2) is 6.21. The molecule has 5 heteroatoms. The predicted octanol–water partition coefficient (Wildman–Crippen LogP) is 0.292. The lowest BCUT2D eigenvalue weighted by Crippen LogP contribution is -2.58. The fourth-order valence-corrected chi connectivity index (χ4v) is 3.98. The highest BCUT2D eigenvalue weighted by Gasteiger charge is 2.33. The van der Waals surface area contributed by atoms with Gasteiger partial charge in [0.2, 0.25) is 0 Å². The second-order valence-electron chi connectivity index (χ2n) is 4.79. The minimum atomic E-state index is 0.373. The molecule has 0 radical (unpaired) electrons. The zero-order valence-corrected chi connectivity index (χ0v) is 10.8. The first-order chi connectivity index (χ1) is 7.83. The van der Waals surface area contributed by atoms with Crippen LogP contribution in [0.2, 0.25) is 0 Å². The van der Waals surface area contributed by atoms with E-state index in [-0.39, 0.29) is 0 Å². The summed E-state index contributed by atoms with van der Waals surface area (Å²) >= 11 is 2.04. The molecule has 0 amide bonds. The summed E-state index contributed by atoms with van der Waals surface area (Å²) in [4.78, 5) is 2.44. The highest BCUT2D eigenvalue weighted by Crippen LogP contribution is 2.25. The smallest absolute Gasteiger partial charge is 0.0510 e. The predicted molar refractivity (Wildman–Crippen MR) is 68.4 cm³/mol. The van der Waals surface area contributed by atoms with Crippen LogP contribution in [-0.2, 0) is 4.74 Å². The van der Waals surface area contributed by atoms with Crippen molar-refractivity contribution in [3.63, 3.8) is 0 Å². The number of nitrogens with zero attached hydrogens (tertiary/aromatic N) is 1. The van der Waals surface area contributed by atoms with Crippen molar-refractivity contribution in [2.75, 3.05) is 38.3 Å². The van der Waals surface area contributed by atoms with Crippen LogP contribution in [-0.4, -0.2) is 55.3 Å². The molecule has 2 rings (SSSR count). The Balaban J connectivity index is 1.96. The SMILES string of the molecule is CN1CCSCC1C(NN)C1CCCOC1. The Bertz CT molecular complexity index is 211. The lowest BCUT2D eigenvalue weighted by molar-refractivity contribution is 0.0238. The van der Waals surface area contributed by atoms with E-state index < -0.39 is 0 Å². The molecule has 3 N–H and O–H groups in total. The summed E-state index contributed by atoms with van der Waals surface area (Å²) in [5.41, 5.74) is 3.04. The van der Waals surface area contributed by atoms with Gasteiger partial charge in [-0.05, 0) is 19.9 Å². The zero-order chi connectivity index (χ0) is 11.4. The van der Waals surface area contributed by atoms with Gasteiger partial charge in [0, 0.05) is 42.7 Å². The first-order valence-corrected chi connectivity index (χ1v) is 7.30. The highest BCUT2D eigenvalue weighted by atomic mass is 32.2. The van der Waals surface area contributed by atoms with Crippen molar-refractivity contribution >= 4 is 11.8 Å². The molecule has 2 heterocycles. The van der Waals surface area contributed by atoms with Crippen LogP contribution < -0.4 is 11.3 Å². The summed E-state index contributed by atoms with van der Waals surface area (Å²) in [7, 11) is 2.21. The van der Waals surface area contributed by atoms with E-state index in [1.54, 1.807) is 0 Å². The molecule has 0 aromatic rings. The van der Waals surface area contributed by atoms with Crippen molar-refractivity contribution in [3.8, 4) is 0 Å². The number of ether oxygens (including phenoxy) is 1. The van der Waals surface area contributed by atoms with E-state index in [1.165, 1.54) is 30.9 Å². The molecule has 0 spiro atoms. The van der Waals surface area contributed by atoms with Crippen molar-refractivity contribution in [1.29, 1.82) is 0 Å². The van der Waals surface area contributed by atoms with E-state index in [0.717, 1.165) is 13.2 Å². The topological polar surface area (TPSA) is 50.5 Å².